The Morgan fingerprint density at radius 1 is 1.11 bits per heavy atom. The predicted octanol–water partition coefficient (Wildman–Crippen LogP) is 4.24. The van der Waals surface area contributed by atoms with Gasteiger partial charge in [0.25, 0.3) is 0 Å². The zero-order valence-electron chi connectivity index (χ0n) is 9.15. The van der Waals surface area contributed by atoms with Crippen LogP contribution in [0, 0.1) is 11.3 Å². The van der Waals surface area contributed by atoms with E-state index in [0.717, 1.165) is 0 Å². The lowest BCUT2D eigenvalue weighted by atomic mass is 10.2. The van der Waals surface area contributed by atoms with Gasteiger partial charge in [-0.3, -0.25) is 0 Å². The fourth-order valence-electron chi connectivity index (χ4n) is 1.40. The van der Waals surface area contributed by atoms with Crippen molar-refractivity contribution in [2.75, 3.05) is 5.73 Å². The highest BCUT2D eigenvalue weighted by Crippen LogP contribution is 2.35. The molecule has 0 heterocycles. The number of rotatable bonds is 2. The maximum atomic E-state index is 8.87. The highest BCUT2D eigenvalue weighted by atomic mass is 35.5. The summed E-state index contributed by atoms with van der Waals surface area (Å²) in [6.07, 6.45) is 0. The van der Waals surface area contributed by atoms with Crippen molar-refractivity contribution >= 4 is 28.9 Å². The number of nitrogens with zero attached hydrogens (tertiary/aromatic N) is 1. The molecule has 18 heavy (non-hydrogen) atoms. The van der Waals surface area contributed by atoms with E-state index in [1.807, 2.05) is 6.07 Å². The second-order valence-electron chi connectivity index (χ2n) is 3.51. The molecule has 0 aromatic heterocycles. The molecule has 2 aromatic rings. The highest BCUT2D eigenvalue weighted by molar-refractivity contribution is 6.34. The van der Waals surface area contributed by atoms with Crippen molar-refractivity contribution in [1.82, 2.24) is 0 Å². The lowest BCUT2D eigenvalue weighted by Crippen LogP contribution is -1.95. The molecule has 0 saturated heterocycles. The molecule has 0 saturated carbocycles. The van der Waals surface area contributed by atoms with Crippen molar-refractivity contribution in [1.29, 1.82) is 5.26 Å². The Bertz CT molecular complexity index is 635. The Morgan fingerprint density at radius 3 is 2.61 bits per heavy atom. The van der Waals surface area contributed by atoms with Crippen molar-refractivity contribution in [3.63, 3.8) is 0 Å². The molecule has 2 aromatic carbocycles. The number of benzene rings is 2. The first-order valence-corrected chi connectivity index (χ1v) is 5.79. The number of hydrogen-bond donors (Lipinski definition) is 1. The first-order chi connectivity index (χ1) is 8.61. The van der Waals surface area contributed by atoms with E-state index >= 15 is 0 Å². The highest BCUT2D eigenvalue weighted by Gasteiger charge is 2.09. The molecule has 0 fully saturated rings. The number of nitrogens with two attached hydrogens (primary N) is 1. The van der Waals surface area contributed by atoms with Crippen LogP contribution in [0.1, 0.15) is 5.56 Å². The molecule has 3 nitrogen and oxygen atoms in total. The molecule has 0 amide bonds. The van der Waals surface area contributed by atoms with Gasteiger partial charge < -0.3 is 10.5 Å². The summed E-state index contributed by atoms with van der Waals surface area (Å²) >= 11 is 11.8. The van der Waals surface area contributed by atoms with E-state index in [0.29, 0.717) is 27.1 Å². The summed E-state index contributed by atoms with van der Waals surface area (Å²) in [4.78, 5) is 0. The van der Waals surface area contributed by atoms with Crippen molar-refractivity contribution < 1.29 is 4.74 Å². The fraction of sp³-hybridized carbons (Fsp3) is 0. The van der Waals surface area contributed by atoms with Crippen LogP contribution in [0.25, 0.3) is 0 Å². The molecule has 0 aliphatic carbocycles. The van der Waals surface area contributed by atoms with Crippen molar-refractivity contribution in [2.24, 2.45) is 0 Å². The van der Waals surface area contributed by atoms with Gasteiger partial charge in [-0.1, -0.05) is 29.3 Å². The minimum absolute atomic E-state index is 0.274. The maximum Gasteiger partial charge on any atom is 0.151 e. The second kappa shape index (κ2) is 5.18. The standard InChI is InChI=1S/C13H8Cl2N2O/c14-9-4-5-10(15)12(6-9)18-11-3-1-2-8(7-16)13(11)17/h1-6H,17H2. The van der Waals surface area contributed by atoms with Gasteiger partial charge in [0, 0.05) is 11.1 Å². The third kappa shape index (κ3) is 2.51. The summed E-state index contributed by atoms with van der Waals surface area (Å²) in [5.41, 5.74) is 6.43. The minimum atomic E-state index is 0.274. The summed E-state index contributed by atoms with van der Waals surface area (Å²) < 4.78 is 5.57. The van der Waals surface area contributed by atoms with E-state index in [1.54, 1.807) is 36.4 Å². The molecule has 5 heteroatoms. The van der Waals surface area contributed by atoms with Crippen molar-refractivity contribution in [3.8, 4) is 17.6 Å². The number of hydrogen-bond acceptors (Lipinski definition) is 3. The molecule has 0 radical (unpaired) electrons. The summed E-state index contributed by atoms with van der Waals surface area (Å²) in [6.45, 7) is 0. The lowest BCUT2D eigenvalue weighted by Gasteiger charge is -2.10. The Balaban J connectivity index is 2.41. The van der Waals surface area contributed by atoms with Crippen LogP contribution in [-0.2, 0) is 0 Å². The molecule has 2 rings (SSSR count). The third-order valence-electron chi connectivity index (χ3n) is 2.30. The zero-order valence-corrected chi connectivity index (χ0v) is 10.7. The topological polar surface area (TPSA) is 59.0 Å². The molecule has 0 unspecified atom stereocenters. The average Bonchev–Trinajstić information content (AvgIpc) is 2.36. The van der Waals surface area contributed by atoms with Crippen molar-refractivity contribution in [3.05, 3.63) is 52.0 Å². The number of ether oxygens (including phenoxy) is 1. The van der Waals surface area contributed by atoms with Crippen LogP contribution < -0.4 is 10.5 Å². The number of nitrogen functional groups attached to an aromatic ring is 1. The van der Waals surface area contributed by atoms with Gasteiger partial charge in [0.1, 0.15) is 11.8 Å². The number of nitriles is 1. The monoisotopic (exact) mass is 278 g/mol. The summed E-state index contributed by atoms with van der Waals surface area (Å²) in [5, 5.41) is 9.80. The van der Waals surface area contributed by atoms with Crippen LogP contribution in [0.4, 0.5) is 5.69 Å². The normalized spacial score (nSPS) is 9.83. The Labute approximate surface area is 114 Å². The van der Waals surface area contributed by atoms with E-state index in [4.69, 9.17) is 38.9 Å². The van der Waals surface area contributed by atoms with Gasteiger partial charge in [-0.05, 0) is 24.3 Å². The van der Waals surface area contributed by atoms with Crippen LogP contribution in [0.5, 0.6) is 11.5 Å². The molecular formula is C13H8Cl2N2O. The smallest absolute Gasteiger partial charge is 0.151 e. The van der Waals surface area contributed by atoms with Gasteiger partial charge in [-0.25, -0.2) is 0 Å². The number of anilines is 1. The van der Waals surface area contributed by atoms with Crippen LogP contribution in [0.3, 0.4) is 0 Å². The van der Waals surface area contributed by atoms with Gasteiger partial charge in [-0.2, -0.15) is 5.26 Å². The van der Waals surface area contributed by atoms with Crippen molar-refractivity contribution in [2.45, 2.75) is 0 Å². The van der Waals surface area contributed by atoms with Gasteiger partial charge in [0.15, 0.2) is 5.75 Å². The Morgan fingerprint density at radius 2 is 1.89 bits per heavy atom. The predicted molar refractivity (Wildman–Crippen MR) is 72.1 cm³/mol. The van der Waals surface area contributed by atoms with E-state index in [9.17, 15) is 0 Å². The second-order valence-corrected chi connectivity index (χ2v) is 4.35. The van der Waals surface area contributed by atoms with E-state index in [-0.39, 0.29) is 5.69 Å². The Hall–Kier alpha value is -1.89. The molecule has 0 bridgehead atoms. The lowest BCUT2D eigenvalue weighted by molar-refractivity contribution is 0.485. The molecule has 0 aliphatic heterocycles. The molecular weight excluding hydrogens is 271 g/mol. The average molecular weight is 279 g/mol. The molecule has 0 aliphatic rings. The first-order valence-electron chi connectivity index (χ1n) is 5.03. The minimum Gasteiger partial charge on any atom is -0.454 e. The number of halogens is 2. The van der Waals surface area contributed by atoms with Gasteiger partial charge in [0.2, 0.25) is 0 Å². The maximum absolute atomic E-state index is 8.87. The molecule has 0 atom stereocenters. The molecule has 2 N–H and O–H groups in total. The zero-order chi connectivity index (χ0) is 13.1. The van der Waals surface area contributed by atoms with Crippen LogP contribution >= 0.6 is 23.2 Å². The SMILES string of the molecule is N#Cc1cccc(Oc2cc(Cl)ccc2Cl)c1N. The number of para-hydroxylation sites is 1. The summed E-state index contributed by atoms with van der Waals surface area (Å²) in [7, 11) is 0. The summed E-state index contributed by atoms with van der Waals surface area (Å²) in [6, 6.07) is 11.8. The van der Waals surface area contributed by atoms with Gasteiger partial charge in [0.05, 0.1) is 16.3 Å². The summed E-state index contributed by atoms with van der Waals surface area (Å²) in [5.74, 6) is 0.768. The Kier molecular flexibility index (Phi) is 3.61. The van der Waals surface area contributed by atoms with Crippen LogP contribution in [0.15, 0.2) is 36.4 Å². The van der Waals surface area contributed by atoms with Gasteiger partial charge in [-0.15, -0.1) is 0 Å². The van der Waals surface area contributed by atoms with E-state index in [1.165, 1.54) is 0 Å². The van der Waals surface area contributed by atoms with E-state index < -0.39 is 0 Å². The third-order valence-corrected chi connectivity index (χ3v) is 2.85. The quantitative estimate of drug-likeness (QED) is 0.836. The molecule has 90 valence electrons. The van der Waals surface area contributed by atoms with Crippen LogP contribution in [0.2, 0.25) is 10.0 Å². The molecule has 0 spiro atoms. The fourth-order valence-corrected chi connectivity index (χ4v) is 1.72. The first kappa shape index (κ1) is 12.6. The van der Waals surface area contributed by atoms with Gasteiger partial charge >= 0.3 is 0 Å². The van der Waals surface area contributed by atoms with E-state index in [2.05, 4.69) is 0 Å². The van der Waals surface area contributed by atoms with Crippen LogP contribution in [-0.4, -0.2) is 0 Å². The largest absolute Gasteiger partial charge is 0.454 e.